The zero-order valence-corrected chi connectivity index (χ0v) is 16.5. The summed E-state index contributed by atoms with van der Waals surface area (Å²) in [6.07, 6.45) is 0. The number of nitrogens with one attached hydrogen (secondary N) is 2. The summed E-state index contributed by atoms with van der Waals surface area (Å²) in [5.41, 5.74) is -0.478. The first-order valence-corrected chi connectivity index (χ1v) is 9.26. The number of ether oxygens (including phenoxy) is 1. The highest BCUT2D eigenvalue weighted by Crippen LogP contribution is 2.29. The molecule has 158 valence electrons. The van der Waals surface area contributed by atoms with Gasteiger partial charge in [-0.15, -0.1) is 0 Å². The number of carbonyl (C=O) groups is 3. The van der Waals surface area contributed by atoms with E-state index < -0.39 is 41.6 Å². The molecule has 1 unspecified atom stereocenters. The molecule has 0 bridgehead atoms. The highest BCUT2D eigenvalue weighted by Gasteiger charge is 2.49. The van der Waals surface area contributed by atoms with E-state index in [0.717, 1.165) is 22.6 Å². The normalized spacial score (nSPS) is 18.3. The van der Waals surface area contributed by atoms with Crippen LogP contribution in [0.3, 0.4) is 0 Å². The van der Waals surface area contributed by atoms with Crippen LogP contribution in [-0.2, 0) is 15.1 Å². The van der Waals surface area contributed by atoms with Crippen LogP contribution in [0.4, 0.5) is 13.6 Å². The van der Waals surface area contributed by atoms with E-state index in [4.69, 9.17) is 4.74 Å². The first-order valence-electron chi connectivity index (χ1n) is 9.26. The lowest BCUT2D eigenvalue weighted by Crippen LogP contribution is -2.43. The molecule has 1 heterocycles. The highest BCUT2D eigenvalue weighted by molar-refractivity contribution is 6.09. The van der Waals surface area contributed by atoms with E-state index in [9.17, 15) is 23.2 Å². The van der Waals surface area contributed by atoms with Gasteiger partial charge in [0.05, 0.1) is 6.54 Å². The number of halogens is 2. The van der Waals surface area contributed by atoms with Gasteiger partial charge in [0, 0.05) is 0 Å². The minimum absolute atomic E-state index is 0.0780. The van der Waals surface area contributed by atoms with Crippen LogP contribution in [0.2, 0.25) is 0 Å². The summed E-state index contributed by atoms with van der Waals surface area (Å²) in [4.78, 5) is 37.9. The number of rotatable bonds is 7. The third kappa shape index (κ3) is 4.40. The molecular weight excluding hydrogens is 396 g/mol. The topological polar surface area (TPSA) is 87.7 Å². The molecule has 9 heteroatoms. The van der Waals surface area contributed by atoms with Gasteiger partial charge in [0.2, 0.25) is 5.91 Å². The molecule has 0 aromatic heterocycles. The largest absolute Gasteiger partial charge is 0.492 e. The van der Waals surface area contributed by atoms with Crippen molar-refractivity contribution >= 4 is 17.8 Å². The molecule has 30 heavy (non-hydrogen) atoms. The number of aryl methyl sites for hydroxylation is 1. The van der Waals surface area contributed by atoms with Crippen molar-refractivity contribution in [2.24, 2.45) is 0 Å². The lowest BCUT2D eigenvalue weighted by Gasteiger charge is -2.22. The molecule has 4 amide bonds. The molecule has 2 aromatic rings. The van der Waals surface area contributed by atoms with Gasteiger partial charge in [0.15, 0.2) is 11.6 Å². The minimum atomic E-state index is -1.60. The molecule has 0 radical (unpaired) electrons. The molecule has 7 nitrogen and oxygen atoms in total. The summed E-state index contributed by atoms with van der Waals surface area (Å²) in [6, 6.07) is 9.57. The standard InChI is InChI=1S/C21H21F2N3O4/c1-13-4-3-5-15(10-13)30-9-8-24-18(27)12-26-19(28)21(2,25-20(26)29)14-6-7-16(22)17(23)11-14/h3-7,10-11H,8-9,12H2,1-2H3,(H,24,27)(H,25,29). The monoisotopic (exact) mass is 417 g/mol. The maximum Gasteiger partial charge on any atom is 0.325 e. The average Bonchev–Trinajstić information content (AvgIpc) is 2.91. The van der Waals surface area contributed by atoms with Gasteiger partial charge in [-0.1, -0.05) is 18.2 Å². The molecule has 3 rings (SSSR count). The van der Waals surface area contributed by atoms with Gasteiger partial charge in [-0.25, -0.2) is 13.6 Å². The number of benzene rings is 2. The molecule has 1 aliphatic heterocycles. The Morgan fingerprint density at radius 2 is 1.93 bits per heavy atom. The molecule has 1 atom stereocenters. The Morgan fingerprint density at radius 3 is 2.63 bits per heavy atom. The van der Waals surface area contributed by atoms with Crippen molar-refractivity contribution in [3.05, 3.63) is 65.2 Å². The first-order chi connectivity index (χ1) is 14.2. The van der Waals surface area contributed by atoms with Crippen LogP contribution in [0.1, 0.15) is 18.1 Å². The maximum atomic E-state index is 13.6. The lowest BCUT2D eigenvalue weighted by atomic mass is 9.92. The minimum Gasteiger partial charge on any atom is -0.492 e. The summed E-state index contributed by atoms with van der Waals surface area (Å²) < 4.78 is 32.3. The van der Waals surface area contributed by atoms with Crippen LogP contribution in [0.25, 0.3) is 0 Å². The Morgan fingerprint density at radius 1 is 1.17 bits per heavy atom. The molecule has 0 saturated carbocycles. The Balaban J connectivity index is 1.55. The quantitative estimate of drug-likeness (QED) is 0.534. The van der Waals surface area contributed by atoms with E-state index in [0.29, 0.717) is 5.75 Å². The second-order valence-electron chi connectivity index (χ2n) is 7.09. The van der Waals surface area contributed by atoms with Crippen molar-refractivity contribution in [3.8, 4) is 5.75 Å². The van der Waals surface area contributed by atoms with Gasteiger partial charge in [0.25, 0.3) is 5.91 Å². The fraction of sp³-hybridized carbons (Fsp3) is 0.286. The summed E-state index contributed by atoms with van der Waals surface area (Å²) in [6.45, 7) is 3.18. The van der Waals surface area contributed by atoms with Crippen LogP contribution in [-0.4, -0.2) is 42.4 Å². The van der Waals surface area contributed by atoms with Crippen LogP contribution < -0.4 is 15.4 Å². The van der Waals surface area contributed by atoms with E-state index in [1.807, 2.05) is 25.1 Å². The Kier molecular flexibility index (Phi) is 6.00. The van der Waals surface area contributed by atoms with E-state index in [1.54, 1.807) is 6.07 Å². The molecule has 2 N–H and O–H groups in total. The van der Waals surface area contributed by atoms with Crippen molar-refractivity contribution in [2.45, 2.75) is 19.4 Å². The number of hydrogen-bond acceptors (Lipinski definition) is 4. The third-order valence-electron chi connectivity index (χ3n) is 4.76. The first kappa shape index (κ1) is 21.2. The summed E-state index contributed by atoms with van der Waals surface area (Å²) in [5, 5.41) is 5.01. The SMILES string of the molecule is Cc1cccc(OCCNC(=O)CN2C(=O)NC(C)(c3ccc(F)c(F)c3)C2=O)c1. The van der Waals surface area contributed by atoms with E-state index in [2.05, 4.69) is 10.6 Å². The molecule has 2 aromatic carbocycles. The van der Waals surface area contributed by atoms with Crippen LogP contribution >= 0.6 is 0 Å². The van der Waals surface area contributed by atoms with Crippen LogP contribution in [0.5, 0.6) is 5.75 Å². The number of imide groups is 1. The molecule has 0 aliphatic carbocycles. The Bertz CT molecular complexity index is 998. The molecule has 1 aliphatic rings. The van der Waals surface area contributed by atoms with Crippen LogP contribution in [0, 0.1) is 18.6 Å². The molecule has 0 spiro atoms. The van der Waals surface area contributed by atoms with Gasteiger partial charge in [-0.3, -0.25) is 14.5 Å². The highest BCUT2D eigenvalue weighted by atomic mass is 19.2. The van der Waals surface area contributed by atoms with Crippen LogP contribution in [0.15, 0.2) is 42.5 Å². The fourth-order valence-corrected chi connectivity index (χ4v) is 3.11. The average molecular weight is 417 g/mol. The summed E-state index contributed by atoms with van der Waals surface area (Å²) in [7, 11) is 0. The Hall–Kier alpha value is -3.49. The van der Waals surface area contributed by atoms with Crippen molar-refractivity contribution in [1.82, 2.24) is 15.5 Å². The lowest BCUT2D eigenvalue weighted by molar-refractivity contribution is -0.134. The number of nitrogens with zero attached hydrogens (tertiary/aromatic N) is 1. The number of carbonyl (C=O) groups excluding carboxylic acids is 3. The summed E-state index contributed by atoms with van der Waals surface area (Å²) >= 11 is 0. The Labute approximate surface area is 172 Å². The van der Waals surface area contributed by atoms with Gasteiger partial charge in [0.1, 0.15) is 24.4 Å². The smallest absolute Gasteiger partial charge is 0.325 e. The zero-order chi connectivity index (χ0) is 21.9. The van der Waals surface area contributed by atoms with Gasteiger partial charge in [-0.05, 0) is 49.2 Å². The number of urea groups is 1. The maximum absolute atomic E-state index is 13.6. The fourth-order valence-electron chi connectivity index (χ4n) is 3.11. The predicted octanol–water partition coefficient (Wildman–Crippen LogP) is 2.24. The predicted molar refractivity (Wildman–Crippen MR) is 104 cm³/mol. The van der Waals surface area contributed by atoms with Crippen molar-refractivity contribution in [2.75, 3.05) is 19.7 Å². The molecule has 1 saturated heterocycles. The second-order valence-corrected chi connectivity index (χ2v) is 7.09. The second kappa shape index (κ2) is 8.48. The van der Waals surface area contributed by atoms with Gasteiger partial charge in [-0.2, -0.15) is 0 Å². The zero-order valence-electron chi connectivity index (χ0n) is 16.5. The summed E-state index contributed by atoms with van der Waals surface area (Å²) in [5.74, 6) is -2.82. The van der Waals surface area contributed by atoms with Crippen molar-refractivity contribution in [3.63, 3.8) is 0 Å². The van der Waals surface area contributed by atoms with Gasteiger partial charge < -0.3 is 15.4 Å². The third-order valence-corrected chi connectivity index (χ3v) is 4.76. The number of hydrogen-bond donors (Lipinski definition) is 2. The van der Waals surface area contributed by atoms with Gasteiger partial charge >= 0.3 is 6.03 Å². The van der Waals surface area contributed by atoms with Crippen molar-refractivity contribution in [1.29, 1.82) is 0 Å². The van der Waals surface area contributed by atoms with Crippen molar-refractivity contribution < 1.29 is 27.9 Å². The molecular formula is C21H21F2N3O4. The number of amides is 4. The van der Waals surface area contributed by atoms with E-state index >= 15 is 0 Å². The van der Waals surface area contributed by atoms with E-state index in [1.165, 1.54) is 13.0 Å². The van der Waals surface area contributed by atoms with E-state index in [-0.39, 0.29) is 18.7 Å². The molecule has 1 fully saturated rings.